The third-order valence-electron chi connectivity index (χ3n) is 1.48. The second-order valence-electron chi connectivity index (χ2n) is 2.35. The number of benzene rings is 1. The van der Waals surface area contributed by atoms with Crippen molar-refractivity contribution in [3.63, 3.8) is 0 Å². The zero-order valence-electron chi connectivity index (χ0n) is 6.71. The van der Waals surface area contributed by atoms with Crippen LogP contribution in [-0.2, 0) is 9.53 Å². The van der Waals surface area contributed by atoms with Crippen molar-refractivity contribution in [2.45, 2.75) is 6.10 Å². The Labute approximate surface area is 74.8 Å². The Morgan fingerprint density at radius 2 is 2.00 bits per heavy atom. The van der Waals surface area contributed by atoms with Gasteiger partial charge in [0.25, 0.3) is 0 Å². The van der Waals surface area contributed by atoms with E-state index >= 15 is 0 Å². The third kappa shape index (κ3) is 2.59. The van der Waals surface area contributed by atoms with Gasteiger partial charge in [-0.15, -0.1) is 0 Å². The molecule has 1 unspecified atom stereocenters. The molecule has 0 aliphatic rings. The summed E-state index contributed by atoms with van der Waals surface area (Å²) >= 11 is 0. The van der Waals surface area contributed by atoms with Crippen LogP contribution in [0.1, 0.15) is 11.7 Å². The molecule has 4 heteroatoms. The van der Waals surface area contributed by atoms with Crippen LogP contribution >= 0.6 is 0 Å². The summed E-state index contributed by atoms with van der Waals surface area (Å²) < 4.78 is 4.33. The average Bonchev–Trinajstić information content (AvgIpc) is 2.15. The van der Waals surface area contributed by atoms with Gasteiger partial charge in [-0.3, -0.25) is 4.79 Å². The normalized spacial score (nSPS) is 11.7. The number of carbonyl (C=O) groups is 2. The van der Waals surface area contributed by atoms with Crippen molar-refractivity contribution >= 4 is 12.4 Å². The maximum absolute atomic E-state index is 10.5. The molecule has 0 saturated carbocycles. The lowest BCUT2D eigenvalue weighted by Crippen LogP contribution is -2.10. The first kappa shape index (κ1) is 9.25. The van der Waals surface area contributed by atoms with Crippen LogP contribution in [0.5, 0.6) is 0 Å². The van der Waals surface area contributed by atoms with Crippen molar-refractivity contribution in [3.05, 3.63) is 35.9 Å². The lowest BCUT2D eigenvalue weighted by molar-refractivity contribution is -0.116. The second kappa shape index (κ2) is 4.25. The second-order valence-corrected chi connectivity index (χ2v) is 2.35. The maximum Gasteiger partial charge on any atom is 0.506 e. The summed E-state index contributed by atoms with van der Waals surface area (Å²) in [5.74, 6) is 0. The highest BCUT2D eigenvalue weighted by Gasteiger charge is 2.13. The molecule has 1 atom stereocenters. The molecule has 0 amide bonds. The number of hydrogen-bond acceptors (Lipinski definition) is 3. The van der Waals surface area contributed by atoms with Gasteiger partial charge in [-0.05, 0) is 5.56 Å². The molecule has 0 heterocycles. The molecule has 1 aromatic rings. The van der Waals surface area contributed by atoms with Crippen molar-refractivity contribution in [3.8, 4) is 0 Å². The third-order valence-corrected chi connectivity index (χ3v) is 1.48. The molecule has 0 aliphatic heterocycles. The van der Waals surface area contributed by atoms with Gasteiger partial charge < -0.3 is 9.84 Å². The van der Waals surface area contributed by atoms with Crippen LogP contribution < -0.4 is 0 Å². The summed E-state index contributed by atoms with van der Waals surface area (Å²) in [6, 6.07) is 8.43. The molecule has 0 saturated heterocycles. The lowest BCUT2D eigenvalue weighted by atomic mass is 10.1. The van der Waals surface area contributed by atoms with E-state index < -0.39 is 12.3 Å². The molecule has 68 valence electrons. The molecule has 0 aromatic heterocycles. The van der Waals surface area contributed by atoms with Crippen LogP contribution in [0, 0.1) is 0 Å². The zero-order valence-corrected chi connectivity index (χ0v) is 6.71. The van der Waals surface area contributed by atoms with Gasteiger partial charge in [0.2, 0.25) is 0 Å². The van der Waals surface area contributed by atoms with Crippen molar-refractivity contribution in [1.82, 2.24) is 0 Å². The highest BCUT2D eigenvalue weighted by molar-refractivity contribution is 5.66. The topological polar surface area (TPSA) is 63.6 Å². The van der Waals surface area contributed by atoms with E-state index in [-0.39, 0.29) is 0 Å². The van der Waals surface area contributed by atoms with E-state index in [1.165, 1.54) is 0 Å². The summed E-state index contributed by atoms with van der Waals surface area (Å²) in [7, 11) is 0. The van der Waals surface area contributed by atoms with Crippen LogP contribution in [0.25, 0.3) is 0 Å². The minimum atomic E-state index is -1.46. The van der Waals surface area contributed by atoms with E-state index in [0.717, 1.165) is 0 Å². The number of hydrogen-bond donors (Lipinski definition) is 1. The molecule has 13 heavy (non-hydrogen) atoms. The molecule has 0 spiro atoms. The van der Waals surface area contributed by atoms with Gasteiger partial charge in [0.05, 0.1) is 0 Å². The Morgan fingerprint density at radius 1 is 1.38 bits per heavy atom. The quantitative estimate of drug-likeness (QED) is 0.567. The van der Waals surface area contributed by atoms with Crippen LogP contribution in [0.4, 0.5) is 4.79 Å². The summed E-state index contributed by atoms with van der Waals surface area (Å²) in [5, 5.41) is 8.30. The fourth-order valence-corrected chi connectivity index (χ4v) is 0.926. The molecule has 1 N–H and O–H groups in total. The SMILES string of the molecule is O=CC(OC(=O)O)c1ccccc1. The Kier molecular flexibility index (Phi) is 3.03. The van der Waals surface area contributed by atoms with Crippen molar-refractivity contribution < 1.29 is 19.4 Å². The minimum absolute atomic E-state index is 0.448. The van der Waals surface area contributed by atoms with Gasteiger partial charge >= 0.3 is 6.16 Å². The molecular weight excluding hydrogens is 172 g/mol. The summed E-state index contributed by atoms with van der Waals surface area (Å²) in [6.45, 7) is 0. The first-order chi connectivity index (χ1) is 6.24. The molecule has 0 fully saturated rings. The number of carboxylic acid groups (broad SMARTS) is 1. The van der Waals surface area contributed by atoms with E-state index in [9.17, 15) is 9.59 Å². The van der Waals surface area contributed by atoms with E-state index in [2.05, 4.69) is 4.74 Å². The summed E-state index contributed by atoms with van der Waals surface area (Å²) in [5.41, 5.74) is 0.528. The van der Waals surface area contributed by atoms with E-state index in [4.69, 9.17) is 5.11 Å². The molecule has 4 nitrogen and oxygen atoms in total. The number of carbonyl (C=O) groups excluding carboxylic acids is 1. The minimum Gasteiger partial charge on any atom is -0.450 e. The van der Waals surface area contributed by atoms with Gasteiger partial charge in [-0.1, -0.05) is 30.3 Å². The van der Waals surface area contributed by atoms with E-state index in [1.54, 1.807) is 30.3 Å². The predicted molar refractivity (Wildman–Crippen MR) is 44.4 cm³/mol. The first-order valence-corrected chi connectivity index (χ1v) is 3.64. The first-order valence-electron chi connectivity index (χ1n) is 3.64. The van der Waals surface area contributed by atoms with E-state index in [1.807, 2.05) is 0 Å². The fourth-order valence-electron chi connectivity index (χ4n) is 0.926. The standard InChI is InChI=1S/C9H8O4/c10-6-8(13-9(11)12)7-4-2-1-3-5-7/h1-6,8H,(H,11,12). The average molecular weight is 180 g/mol. The molecule has 1 aromatic carbocycles. The van der Waals surface area contributed by atoms with Crippen LogP contribution in [0.15, 0.2) is 30.3 Å². The molecule has 0 radical (unpaired) electrons. The summed E-state index contributed by atoms with van der Waals surface area (Å²) in [6.07, 6.45) is -2.04. The summed E-state index contributed by atoms with van der Waals surface area (Å²) in [4.78, 5) is 20.6. The van der Waals surface area contributed by atoms with Crippen molar-refractivity contribution in [1.29, 1.82) is 0 Å². The number of ether oxygens (including phenoxy) is 1. The monoisotopic (exact) mass is 180 g/mol. The Bertz CT molecular complexity index is 294. The Morgan fingerprint density at radius 3 is 2.46 bits per heavy atom. The maximum atomic E-state index is 10.5. The smallest absolute Gasteiger partial charge is 0.450 e. The van der Waals surface area contributed by atoms with Gasteiger partial charge in [0, 0.05) is 0 Å². The predicted octanol–water partition coefficient (Wildman–Crippen LogP) is 1.62. The van der Waals surface area contributed by atoms with Crippen LogP contribution in [0.3, 0.4) is 0 Å². The van der Waals surface area contributed by atoms with Gasteiger partial charge in [0.15, 0.2) is 12.4 Å². The number of rotatable bonds is 3. The van der Waals surface area contributed by atoms with Gasteiger partial charge in [0.1, 0.15) is 0 Å². The largest absolute Gasteiger partial charge is 0.506 e. The van der Waals surface area contributed by atoms with Gasteiger partial charge in [-0.25, -0.2) is 4.79 Å². The van der Waals surface area contributed by atoms with Crippen molar-refractivity contribution in [2.75, 3.05) is 0 Å². The highest BCUT2D eigenvalue weighted by atomic mass is 16.7. The van der Waals surface area contributed by atoms with Crippen LogP contribution in [-0.4, -0.2) is 17.5 Å². The molecule has 0 bridgehead atoms. The highest BCUT2D eigenvalue weighted by Crippen LogP contribution is 2.13. The zero-order chi connectivity index (χ0) is 9.68. The molecular formula is C9H8O4. The molecule has 1 rings (SSSR count). The fraction of sp³-hybridized carbons (Fsp3) is 0.111. The lowest BCUT2D eigenvalue weighted by Gasteiger charge is -2.08. The van der Waals surface area contributed by atoms with E-state index in [0.29, 0.717) is 11.8 Å². The van der Waals surface area contributed by atoms with Gasteiger partial charge in [-0.2, -0.15) is 0 Å². The molecule has 0 aliphatic carbocycles. The Hall–Kier alpha value is -1.84. The van der Waals surface area contributed by atoms with Crippen LogP contribution in [0.2, 0.25) is 0 Å². The number of aldehydes is 1. The van der Waals surface area contributed by atoms with Crippen molar-refractivity contribution in [2.24, 2.45) is 0 Å². The Balaban J connectivity index is 2.78.